The van der Waals surface area contributed by atoms with Crippen LogP contribution in [0.5, 0.6) is 17.2 Å². The van der Waals surface area contributed by atoms with Crippen LogP contribution in [-0.4, -0.2) is 44.4 Å². The lowest BCUT2D eigenvalue weighted by molar-refractivity contribution is -0.139. The number of benzene rings is 3. The number of amides is 3. The van der Waals surface area contributed by atoms with Crippen molar-refractivity contribution in [3.05, 3.63) is 96.4 Å². The zero-order chi connectivity index (χ0) is 32.5. The lowest BCUT2D eigenvalue weighted by Gasteiger charge is -2.28. The van der Waals surface area contributed by atoms with Gasteiger partial charge in [0.05, 0.1) is 35.1 Å². The Morgan fingerprint density at radius 2 is 1.91 bits per heavy atom. The molecule has 3 N–H and O–H groups in total. The van der Waals surface area contributed by atoms with E-state index in [1.807, 2.05) is 6.07 Å². The number of carbonyl (C=O) groups excluding carboxylic acids is 3. The molecule has 1 aliphatic rings. The predicted octanol–water partition coefficient (Wildman–Crippen LogP) is 5.50. The van der Waals surface area contributed by atoms with Crippen LogP contribution in [0.15, 0.2) is 75.4 Å². The van der Waals surface area contributed by atoms with Gasteiger partial charge in [0.1, 0.15) is 18.2 Å². The van der Waals surface area contributed by atoms with Crippen molar-refractivity contribution in [1.82, 2.24) is 16.1 Å². The Morgan fingerprint density at radius 3 is 2.64 bits per heavy atom. The van der Waals surface area contributed by atoms with Crippen molar-refractivity contribution in [2.75, 3.05) is 20.3 Å². The second-order valence-electron chi connectivity index (χ2n) is 9.47. The first-order valence-electron chi connectivity index (χ1n) is 13.5. The van der Waals surface area contributed by atoms with Crippen molar-refractivity contribution in [2.45, 2.75) is 26.5 Å². The van der Waals surface area contributed by atoms with Crippen LogP contribution in [0, 0.1) is 9.39 Å². The lowest BCUT2D eigenvalue weighted by Crippen LogP contribution is -2.45. The maximum atomic E-state index is 14.1. The van der Waals surface area contributed by atoms with Crippen LogP contribution in [0.4, 0.5) is 9.18 Å². The Bertz CT molecular complexity index is 1670. The minimum atomic E-state index is -0.792. The summed E-state index contributed by atoms with van der Waals surface area (Å²) in [6.07, 6.45) is 1.42. The summed E-state index contributed by atoms with van der Waals surface area (Å²) >= 11 is 5.55. The lowest BCUT2D eigenvalue weighted by atomic mass is 9.95. The number of hydrazone groups is 1. The van der Waals surface area contributed by atoms with E-state index in [1.165, 1.54) is 19.4 Å². The fraction of sp³-hybridized carbons (Fsp3) is 0.226. The molecule has 3 aromatic rings. The molecular formula is C31H29BrFIN4O7. The molecule has 45 heavy (non-hydrogen) atoms. The molecule has 0 fully saturated rings. The second-order valence-corrected chi connectivity index (χ2v) is 11.5. The zero-order valence-corrected chi connectivity index (χ0v) is 28.2. The van der Waals surface area contributed by atoms with Crippen molar-refractivity contribution in [2.24, 2.45) is 5.10 Å². The minimum absolute atomic E-state index is 0.00993. The Morgan fingerprint density at radius 1 is 1.13 bits per heavy atom. The number of ether oxygens (including phenoxy) is 4. The molecule has 1 atom stereocenters. The highest BCUT2D eigenvalue weighted by Gasteiger charge is 2.32. The molecule has 0 aliphatic carbocycles. The summed E-state index contributed by atoms with van der Waals surface area (Å²) in [5, 5.41) is 9.34. The molecule has 1 heterocycles. The molecule has 0 bridgehead atoms. The van der Waals surface area contributed by atoms with E-state index in [9.17, 15) is 18.8 Å². The molecule has 0 aromatic heterocycles. The van der Waals surface area contributed by atoms with E-state index < -0.39 is 30.6 Å². The average molecular weight is 795 g/mol. The summed E-state index contributed by atoms with van der Waals surface area (Å²) in [5.74, 6) is -0.482. The summed E-state index contributed by atoms with van der Waals surface area (Å²) in [7, 11) is 1.43. The molecule has 3 aromatic carbocycles. The second kappa shape index (κ2) is 15.7. The number of hydrogen-bond acceptors (Lipinski definition) is 8. The first kappa shape index (κ1) is 33.7. The van der Waals surface area contributed by atoms with E-state index >= 15 is 0 Å². The van der Waals surface area contributed by atoms with Gasteiger partial charge in [-0.05, 0) is 72.3 Å². The van der Waals surface area contributed by atoms with Crippen LogP contribution < -0.4 is 30.3 Å². The smallest absolute Gasteiger partial charge is 0.338 e. The van der Waals surface area contributed by atoms with Gasteiger partial charge in [0.15, 0.2) is 18.1 Å². The number of esters is 1. The molecular weight excluding hydrogens is 766 g/mol. The molecule has 14 heteroatoms. The maximum absolute atomic E-state index is 14.1. The third-order valence-corrected chi connectivity index (χ3v) is 7.66. The SMILES string of the molecule is CCOC(=O)C1=C(C)NC(=O)N[C@@H]1c1ccc(OCC(=O)N/N=C/c2cc(Br)cc(I)c2OCc2ccccc2F)c(OC)c1. The van der Waals surface area contributed by atoms with Gasteiger partial charge in [0.2, 0.25) is 0 Å². The molecule has 3 amide bonds. The van der Waals surface area contributed by atoms with Crippen molar-refractivity contribution in [3.63, 3.8) is 0 Å². The highest BCUT2D eigenvalue weighted by molar-refractivity contribution is 14.1. The number of urea groups is 1. The van der Waals surface area contributed by atoms with E-state index in [4.69, 9.17) is 18.9 Å². The summed E-state index contributed by atoms with van der Waals surface area (Å²) in [5.41, 5.74) is 4.54. The van der Waals surface area contributed by atoms with Gasteiger partial charge in [-0.3, -0.25) is 4.79 Å². The van der Waals surface area contributed by atoms with Gasteiger partial charge in [-0.1, -0.05) is 40.2 Å². The molecule has 0 saturated carbocycles. The third-order valence-electron chi connectivity index (χ3n) is 6.40. The number of rotatable bonds is 12. The molecule has 0 unspecified atom stereocenters. The van der Waals surface area contributed by atoms with E-state index in [0.29, 0.717) is 28.1 Å². The van der Waals surface area contributed by atoms with E-state index in [1.54, 1.807) is 56.3 Å². The summed E-state index contributed by atoms with van der Waals surface area (Å²) in [6.45, 7) is 3.10. The molecule has 0 spiro atoms. The summed E-state index contributed by atoms with van der Waals surface area (Å²) in [4.78, 5) is 37.3. The normalized spacial score (nSPS) is 14.4. The molecule has 11 nitrogen and oxygen atoms in total. The van der Waals surface area contributed by atoms with Gasteiger partial charge in [0, 0.05) is 21.3 Å². The van der Waals surface area contributed by atoms with E-state index in [-0.39, 0.29) is 36.1 Å². The number of hydrogen-bond donors (Lipinski definition) is 3. The first-order valence-corrected chi connectivity index (χ1v) is 15.4. The van der Waals surface area contributed by atoms with Crippen LogP contribution in [0.2, 0.25) is 0 Å². The van der Waals surface area contributed by atoms with Crippen molar-refractivity contribution < 1.29 is 37.7 Å². The minimum Gasteiger partial charge on any atom is -0.493 e. The quantitative estimate of drug-likeness (QED) is 0.0954. The predicted molar refractivity (Wildman–Crippen MR) is 176 cm³/mol. The fourth-order valence-electron chi connectivity index (χ4n) is 4.35. The molecule has 0 radical (unpaired) electrons. The van der Waals surface area contributed by atoms with Crippen LogP contribution >= 0.6 is 38.5 Å². The van der Waals surface area contributed by atoms with Gasteiger partial charge >= 0.3 is 12.0 Å². The summed E-state index contributed by atoms with van der Waals surface area (Å²) in [6, 6.07) is 13.5. The molecule has 0 saturated heterocycles. The van der Waals surface area contributed by atoms with Crippen LogP contribution in [0.3, 0.4) is 0 Å². The Labute approximate surface area is 280 Å². The van der Waals surface area contributed by atoms with Crippen molar-refractivity contribution in [3.8, 4) is 17.2 Å². The number of allylic oxidation sites excluding steroid dienone is 1. The van der Waals surface area contributed by atoms with Gasteiger partial charge in [-0.2, -0.15) is 5.10 Å². The van der Waals surface area contributed by atoms with Gasteiger partial charge in [-0.15, -0.1) is 0 Å². The van der Waals surface area contributed by atoms with Crippen molar-refractivity contribution in [1.29, 1.82) is 0 Å². The number of methoxy groups -OCH3 is 1. The monoisotopic (exact) mass is 794 g/mol. The van der Waals surface area contributed by atoms with Crippen LogP contribution in [0.1, 0.15) is 36.6 Å². The maximum Gasteiger partial charge on any atom is 0.338 e. The highest BCUT2D eigenvalue weighted by atomic mass is 127. The largest absolute Gasteiger partial charge is 0.493 e. The Kier molecular flexibility index (Phi) is 11.8. The van der Waals surface area contributed by atoms with Crippen LogP contribution in [-0.2, 0) is 20.9 Å². The topological polar surface area (TPSA) is 137 Å². The standard InChI is InChI=1S/C31H29BrFIN4O7/c1-4-43-30(40)27-17(2)36-31(41)37-28(27)18-9-10-24(25(12-18)42-3)44-16-26(39)38-35-14-20-11-21(32)13-23(34)29(20)45-15-19-7-5-6-8-22(19)33/h5-14,28H,4,15-16H2,1-3H3,(H,38,39)(H2,36,37,41)/b35-14+/t28-/m1/s1. The molecule has 236 valence electrons. The molecule has 1 aliphatic heterocycles. The van der Waals surface area contributed by atoms with Crippen LogP contribution in [0.25, 0.3) is 0 Å². The average Bonchev–Trinajstić information content (AvgIpc) is 3.00. The Balaban J connectivity index is 1.42. The Hall–Kier alpha value is -4.18. The number of nitrogens with one attached hydrogen (secondary N) is 3. The highest BCUT2D eigenvalue weighted by Crippen LogP contribution is 2.35. The van der Waals surface area contributed by atoms with E-state index in [2.05, 4.69) is 59.7 Å². The third kappa shape index (κ3) is 8.72. The summed E-state index contributed by atoms with van der Waals surface area (Å²) < 4.78 is 37.8. The number of nitrogens with zero attached hydrogens (tertiary/aromatic N) is 1. The van der Waals surface area contributed by atoms with Gasteiger partial charge in [0.25, 0.3) is 5.91 Å². The molecule has 4 rings (SSSR count). The van der Waals surface area contributed by atoms with E-state index in [0.717, 1.165) is 8.04 Å². The van der Waals surface area contributed by atoms with Gasteiger partial charge < -0.3 is 29.6 Å². The number of carbonyl (C=O) groups is 3. The number of halogens is 3. The fourth-order valence-corrected chi connectivity index (χ4v) is 6.06. The van der Waals surface area contributed by atoms with Gasteiger partial charge in [-0.25, -0.2) is 19.4 Å². The van der Waals surface area contributed by atoms with Crippen molar-refractivity contribution >= 4 is 62.6 Å². The first-order chi connectivity index (χ1) is 21.6. The zero-order valence-electron chi connectivity index (χ0n) is 24.4.